The third-order valence-corrected chi connectivity index (χ3v) is 4.30. The molecule has 80 valence electrons. The van der Waals surface area contributed by atoms with E-state index in [0.29, 0.717) is 11.8 Å². The molecule has 15 heavy (non-hydrogen) atoms. The van der Waals surface area contributed by atoms with Gasteiger partial charge in [0.05, 0.1) is 5.60 Å². The van der Waals surface area contributed by atoms with Crippen LogP contribution in [0.3, 0.4) is 0 Å². The van der Waals surface area contributed by atoms with Gasteiger partial charge < -0.3 is 5.11 Å². The van der Waals surface area contributed by atoms with E-state index in [1.54, 1.807) is 0 Å². The zero-order chi connectivity index (χ0) is 10.5. The van der Waals surface area contributed by atoms with Gasteiger partial charge in [-0.2, -0.15) is 0 Å². The molecule has 2 aliphatic rings. The largest absolute Gasteiger partial charge is 0.385 e. The Kier molecular flexibility index (Phi) is 1.93. The van der Waals surface area contributed by atoms with Gasteiger partial charge in [0, 0.05) is 0 Å². The van der Waals surface area contributed by atoms with Crippen LogP contribution in [0.15, 0.2) is 24.3 Å². The van der Waals surface area contributed by atoms with Crippen molar-refractivity contribution in [1.82, 2.24) is 0 Å². The lowest BCUT2D eigenvalue weighted by molar-refractivity contribution is 0.118. The van der Waals surface area contributed by atoms with Crippen LogP contribution in [0.2, 0.25) is 0 Å². The minimum absolute atomic E-state index is 0.468. The quantitative estimate of drug-likeness (QED) is 0.742. The Morgan fingerprint density at radius 3 is 2.13 bits per heavy atom. The number of aliphatic hydroxyl groups is 1. The molecule has 2 fully saturated rings. The molecule has 0 heterocycles. The van der Waals surface area contributed by atoms with Crippen molar-refractivity contribution in [3.63, 3.8) is 0 Å². The first-order chi connectivity index (χ1) is 7.23. The van der Waals surface area contributed by atoms with Crippen molar-refractivity contribution in [2.75, 3.05) is 0 Å². The first-order valence-corrected chi connectivity index (χ1v) is 6.02. The minimum Gasteiger partial charge on any atom is -0.385 e. The van der Waals surface area contributed by atoms with E-state index < -0.39 is 5.60 Å². The first-order valence-electron chi connectivity index (χ1n) is 6.02. The summed E-state index contributed by atoms with van der Waals surface area (Å²) in [6.45, 7) is 2.09. The van der Waals surface area contributed by atoms with Gasteiger partial charge in [0.15, 0.2) is 0 Å². The molecule has 0 aliphatic heterocycles. The van der Waals surface area contributed by atoms with Crippen LogP contribution in [0, 0.1) is 18.8 Å². The fourth-order valence-corrected chi connectivity index (χ4v) is 3.34. The number of benzene rings is 1. The molecule has 0 amide bonds. The highest BCUT2D eigenvalue weighted by atomic mass is 16.3. The standard InChI is InChI=1S/C14H18O/c1-10-6-8-11(9-7-10)14(15)12-4-2-3-5-13(12)14/h6-9,12-13,15H,2-5H2,1H3. The lowest BCUT2D eigenvalue weighted by Crippen LogP contribution is -2.09. The number of aryl methyl sites for hydroxylation is 1. The van der Waals surface area contributed by atoms with Crippen LogP contribution in [-0.2, 0) is 5.60 Å². The maximum Gasteiger partial charge on any atom is 0.0960 e. The van der Waals surface area contributed by atoms with E-state index in [0.717, 1.165) is 5.56 Å². The Balaban J connectivity index is 1.91. The molecule has 2 saturated carbocycles. The van der Waals surface area contributed by atoms with Crippen LogP contribution in [-0.4, -0.2) is 5.11 Å². The number of rotatable bonds is 1. The smallest absolute Gasteiger partial charge is 0.0960 e. The maximum atomic E-state index is 10.7. The second-order valence-electron chi connectivity index (χ2n) is 5.19. The fraction of sp³-hybridized carbons (Fsp3) is 0.571. The van der Waals surface area contributed by atoms with Gasteiger partial charge in [0.1, 0.15) is 0 Å². The molecule has 1 nitrogen and oxygen atoms in total. The second kappa shape index (κ2) is 3.08. The summed E-state index contributed by atoms with van der Waals surface area (Å²) in [5.41, 5.74) is 1.94. The van der Waals surface area contributed by atoms with Crippen LogP contribution in [0.4, 0.5) is 0 Å². The molecule has 2 unspecified atom stereocenters. The molecule has 0 bridgehead atoms. The predicted octanol–water partition coefficient (Wildman–Crippen LogP) is 3.00. The van der Waals surface area contributed by atoms with Crippen LogP contribution >= 0.6 is 0 Å². The van der Waals surface area contributed by atoms with Crippen LogP contribution < -0.4 is 0 Å². The fourth-order valence-electron chi connectivity index (χ4n) is 3.34. The van der Waals surface area contributed by atoms with Crippen molar-refractivity contribution in [2.45, 2.75) is 38.2 Å². The number of hydrogen-bond donors (Lipinski definition) is 1. The average molecular weight is 202 g/mol. The molecule has 1 N–H and O–H groups in total. The van der Waals surface area contributed by atoms with Gasteiger partial charge in [-0.15, -0.1) is 0 Å². The summed E-state index contributed by atoms with van der Waals surface area (Å²) in [6, 6.07) is 8.43. The van der Waals surface area contributed by atoms with E-state index in [9.17, 15) is 5.11 Å². The van der Waals surface area contributed by atoms with Gasteiger partial charge in [-0.05, 0) is 37.2 Å². The summed E-state index contributed by atoms with van der Waals surface area (Å²) in [5, 5.41) is 10.7. The second-order valence-corrected chi connectivity index (χ2v) is 5.19. The molecule has 0 aromatic heterocycles. The predicted molar refractivity (Wildman–Crippen MR) is 60.5 cm³/mol. The summed E-state index contributed by atoms with van der Waals surface area (Å²) in [5.74, 6) is 1.10. The van der Waals surface area contributed by atoms with Crippen molar-refractivity contribution in [3.05, 3.63) is 35.4 Å². The SMILES string of the molecule is Cc1ccc(C2(O)C3CCCCC32)cc1. The highest BCUT2D eigenvalue weighted by Crippen LogP contribution is 2.64. The number of hydrogen-bond acceptors (Lipinski definition) is 1. The van der Waals surface area contributed by atoms with Gasteiger partial charge >= 0.3 is 0 Å². The molecule has 2 atom stereocenters. The zero-order valence-corrected chi connectivity index (χ0v) is 9.24. The van der Waals surface area contributed by atoms with Crippen molar-refractivity contribution in [2.24, 2.45) is 11.8 Å². The van der Waals surface area contributed by atoms with E-state index in [1.807, 2.05) is 0 Å². The van der Waals surface area contributed by atoms with Gasteiger partial charge in [0.25, 0.3) is 0 Å². The van der Waals surface area contributed by atoms with Crippen LogP contribution in [0.5, 0.6) is 0 Å². The molecule has 0 saturated heterocycles. The first kappa shape index (κ1) is 9.41. The summed E-state index contributed by atoms with van der Waals surface area (Å²) < 4.78 is 0. The van der Waals surface area contributed by atoms with E-state index in [2.05, 4.69) is 31.2 Å². The van der Waals surface area contributed by atoms with Gasteiger partial charge in [-0.3, -0.25) is 0 Å². The third-order valence-electron chi connectivity index (χ3n) is 4.30. The molecule has 2 aliphatic carbocycles. The van der Waals surface area contributed by atoms with E-state index in [4.69, 9.17) is 0 Å². The Morgan fingerprint density at radius 1 is 1.07 bits per heavy atom. The van der Waals surface area contributed by atoms with Gasteiger partial charge in [-0.25, -0.2) is 0 Å². The van der Waals surface area contributed by atoms with Crippen molar-refractivity contribution < 1.29 is 5.11 Å². The molecule has 1 aromatic carbocycles. The summed E-state index contributed by atoms with van der Waals surface area (Å²) >= 11 is 0. The molecule has 0 spiro atoms. The van der Waals surface area contributed by atoms with Crippen molar-refractivity contribution >= 4 is 0 Å². The van der Waals surface area contributed by atoms with Crippen LogP contribution in [0.25, 0.3) is 0 Å². The minimum atomic E-state index is -0.468. The average Bonchev–Trinajstić information content (AvgIpc) is 2.88. The Hall–Kier alpha value is -0.820. The lowest BCUT2D eigenvalue weighted by Gasteiger charge is -2.11. The summed E-state index contributed by atoms with van der Waals surface area (Å²) in [4.78, 5) is 0. The molecule has 1 heteroatoms. The zero-order valence-electron chi connectivity index (χ0n) is 9.24. The van der Waals surface area contributed by atoms with Gasteiger partial charge in [-0.1, -0.05) is 42.7 Å². The lowest BCUT2D eigenvalue weighted by atomic mass is 10.0. The molecule has 1 aromatic rings. The van der Waals surface area contributed by atoms with Crippen LogP contribution in [0.1, 0.15) is 36.8 Å². The third kappa shape index (κ3) is 1.26. The van der Waals surface area contributed by atoms with Crippen molar-refractivity contribution in [3.8, 4) is 0 Å². The van der Waals surface area contributed by atoms with E-state index in [1.165, 1.54) is 31.2 Å². The normalized spacial score (nSPS) is 38.5. The molecular weight excluding hydrogens is 184 g/mol. The van der Waals surface area contributed by atoms with E-state index in [-0.39, 0.29) is 0 Å². The maximum absolute atomic E-state index is 10.7. The van der Waals surface area contributed by atoms with Crippen molar-refractivity contribution in [1.29, 1.82) is 0 Å². The summed E-state index contributed by atoms with van der Waals surface area (Å²) in [7, 11) is 0. The van der Waals surface area contributed by atoms with Gasteiger partial charge in [0.2, 0.25) is 0 Å². The highest BCUT2D eigenvalue weighted by Gasteiger charge is 2.64. The molecule has 0 radical (unpaired) electrons. The molecular formula is C14H18O. The molecule has 3 rings (SSSR count). The number of fused-ring (bicyclic) bond motifs is 1. The monoisotopic (exact) mass is 202 g/mol. The van der Waals surface area contributed by atoms with E-state index >= 15 is 0 Å². The Morgan fingerprint density at radius 2 is 1.60 bits per heavy atom. The Bertz CT molecular complexity index is 353. The Labute approximate surface area is 91.1 Å². The topological polar surface area (TPSA) is 20.2 Å². The highest BCUT2D eigenvalue weighted by molar-refractivity contribution is 5.34. The summed E-state index contributed by atoms with van der Waals surface area (Å²) in [6.07, 6.45) is 5.04.